The standard InChI is InChI=1S/C24H26N4O3/c1-24(2,3)28-23(30)31-15-16-4-7-18(8-5-16)22(29)27-21-11-10-19-12-17(14-26-25)6-9-20(19)13-21/h4-14H,15,25H2,1-3H3,(H,27,29)(H,28,30)/b26-14+. The number of hydrazone groups is 1. The summed E-state index contributed by atoms with van der Waals surface area (Å²) in [5.74, 6) is 4.98. The van der Waals surface area contributed by atoms with E-state index < -0.39 is 6.09 Å². The maximum Gasteiger partial charge on any atom is 0.407 e. The van der Waals surface area contributed by atoms with Gasteiger partial charge in [0.2, 0.25) is 0 Å². The molecule has 0 saturated heterocycles. The number of hydrogen-bond donors (Lipinski definition) is 3. The first kappa shape index (κ1) is 21.8. The molecule has 3 aromatic carbocycles. The summed E-state index contributed by atoms with van der Waals surface area (Å²) in [7, 11) is 0. The van der Waals surface area contributed by atoms with Crippen LogP contribution in [0.4, 0.5) is 10.5 Å². The first-order valence-electron chi connectivity index (χ1n) is 9.86. The number of rotatable bonds is 5. The summed E-state index contributed by atoms with van der Waals surface area (Å²) < 4.78 is 5.20. The fraction of sp³-hybridized carbons (Fsp3) is 0.208. The molecule has 0 aliphatic carbocycles. The minimum atomic E-state index is -0.479. The lowest BCUT2D eigenvalue weighted by Crippen LogP contribution is -2.40. The third-order valence-corrected chi connectivity index (χ3v) is 4.41. The Labute approximate surface area is 181 Å². The van der Waals surface area contributed by atoms with Crippen molar-refractivity contribution in [3.8, 4) is 0 Å². The highest BCUT2D eigenvalue weighted by Gasteiger charge is 2.14. The molecule has 4 N–H and O–H groups in total. The summed E-state index contributed by atoms with van der Waals surface area (Å²) in [6.45, 7) is 5.77. The predicted octanol–water partition coefficient (Wildman–Crippen LogP) is 4.41. The zero-order valence-electron chi connectivity index (χ0n) is 17.8. The van der Waals surface area contributed by atoms with E-state index in [1.807, 2.05) is 57.2 Å². The van der Waals surface area contributed by atoms with Gasteiger partial charge in [-0.3, -0.25) is 4.79 Å². The van der Waals surface area contributed by atoms with Crippen molar-refractivity contribution in [1.82, 2.24) is 5.32 Å². The first-order valence-corrected chi connectivity index (χ1v) is 9.86. The van der Waals surface area contributed by atoms with E-state index in [9.17, 15) is 9.59 Å². The summed E-state index contributed by atoms with van der Waals surface area (Å²) in [4.78, 5) is 24.3. The number of nitrogens with two attached hydrogens (primary N) is 1. The summed E-state index contributed by atoms with van der Waals surface area (Å²) in [6, 6.07) is 18.5. The van der Waals surface area contributed by atoms with Gasteiger partial charge in [0.15, 0.2) is 0 Å². The van der Waals surface area contributed by atoms with Gasteiger partial charge in [0.05, 0.1) is 6.21 Å². The molecule has 0 bridgehead atoms. The third kappa shape index (κ3) is 6.30. The van der Waals surface area contributed by atoms with E-state index in [-0.39, 0.29) is 18.1 Å². The molecule has 7 heteroatoms. The zero-order valence-corrected chi connectivity index (χ0v) is 17.8. The fourth-order valence-corrected chi connectivity index (χ4v) is 2.96. The van der Waals surface area contributed by atoms with Crippen LogP contribution in [-0.4, -0.2) is 23.8 Å². The lowest BCUT2D eigenvalue weighted by atomic mass is 10.1. The van der Waals surface area contributed by atoms with Crippen molar-refractivity contribution < 1.29 is 14.3 Å². The van der Waals surface area contributed by atoms with Crippen molar-refractivity contribution in [2.24, 2.45) is 10.9 Å². The Bertz CT molecular complexity index is 1120. The maximum absolute atomic E-state index is 12.6. The van der Waals surface area contributed by atoms with Gasteiger partial charge in [-0.05, 0) is 73.0 Å². The van der Waals surface area contributed by atoms with Crippen LogP contribution in [0.2, 0.25) is 0 Å². The number of anilines is 1. The lowest BCUT2D eigenvalue weighted by molar-refractivity contribution is 0.102. The highest BCUT2D eigenvalue weighted by atomic mass is 16.5. The zero-order chi connectivity index (χ0) is 22.4. The molecule has 2 amide bonds. The molecule has 0 aromatic heterocycles. The first-order chi connectivity index (χ1) is 14.7. The van der Waals surface area contributed by atoms with Crippen molar-refractivity contribution in [2.75, 3.05) is 5.32 Å². The van der Waals surface area contributed by atoms with Gasteiger partial charge >= 0.3 is 6.09 Å². The highest BCUT2D eigenvalue weighted by Crippen LogP contribution is 2.21. The van der Waals surface area contributed by atoms with Crippen LogP contribution in [0.5, 0.6) is 0 Å². The number of nitrogens with one attached hydrogen (secondary N) is 2. The van der Waals surface area contributed by atoms with E-state index in [0.29, 0.717) is 11.3 Å². The van der Waals surface area contributed by atoms with Gasteiger partial charge in [-0.25, -0.2) is 4.79 Å². The van der Waals surface area contributed by atoms with Crippen molar-refractivity contribution in [3.63, 3.8) is 0 Å². The molecule has 160 valence electrons. The number of carbonyl (C=O) groups is 2. The van der Waals surface area contributed by atoms with Gasteiger partial charge in [-0.15, -0.1) is 0 Å². The van der Waals surface area contributed by atoms with Crippen LogP contribution >= 0.6 is 0 Å². The van der Waals surface area contributed by atoms with Crippen LogP contribution < -0.4 is 16.5 Å². The molecule has 0 aliphatic rings. The average Bonchev–Trinajstić information content (AvgIpc) is 2.71. The molecular weight excluding hydrogens is 392 g/mol. The average molecular weight is 418 g/mol. The number of hydrogen-bond acceptors (Lipinski definition) is 5. The van der Waals surface area contributed by atoms with Gasteiger partial charge in [-0.2, -0.15) is 5.10 Å². The number of carbonyl (C=O) groups excluding carboxylic acids is 2. The van der Waals surface area contributed by atoms with E-state index in [1.165, 1.54) is 0 Å². The van der Waals surface area contributed by atoms with E-state index in [2.05, 4.69) is 15.7 Å². The van der Waals surface area contributed by atoms with Crippen molar-refractivity contribution in [1.29, 1.82) is 0 Å². The predicted molar refractivity (Wildman–Crippen MR) is 123 cm³/mol. The van der Waals surface area contributed by atoms with Crippen LogP contribution in [0.15, 0.2) is 65.8 Å². The molecule has 0 spiro atoms. The second kappa shape index (κ2) is 9.30. The van der Waals surface area contributed by atoms with Crippen LogP contribution in [0, 0.1) is 0 Å². The largest absolute Gasteiger partial charge is 0.445 e. The Morgan fingerprint density at radius 3 is 2.35 bits per heavy atom. The molecule has 0 radical (unpaired) electrons. The van der Waals surface area contributed by atoms with E-state index in [4.69, 9.17) is 10.6 Å². The minimum absolute atomic E-state index is 0.130. The molecule has 7 nitrogen and oxygen atoms in total. The minimum Gasteiger partial charge on any atom is -0.445 e. The van der Waals surface area contributed by atoms with Crippen molar-refractivity contribution >= 4 is 34.7 Å². The summed E-state index contributed by atoms with van der Waals surface area (Å²) in [5.41, 5.74) is 2.55. The van der Waals surface area contributed by atoms with E-state index in [0.717, 1.165) is 21.9 Å². The molecule has 3 rings (SSSR count). The van der Waals surface area contributed by atoms with Crippen molar-refractivity contribution in [3.05, 3.63) is 77.4 Å². The van der Waals surface area contributed by atoms with Gasteiger partial charge in [0.1, 0.15) is 6.61 Å². The van der Waals surface area contributed by atoms with Crippen LogP contribution in [0.25, 0.3) is 10.8 Å². The number of fused-ring (bicyclic) bond motifs is 1. The number of ether oxygens (including phenoxy) is 1. The van der Waals surface area contributed by atoms with Crippen LogP contribution in [0.1, 0.15) is 42.3 Å². The normalized spacial score (nSPS) is 11.5. The number of nitrogens with zero attached hydrogens (tertiary/aromatic N) is 1. The molecule has 3 aromatic rings. The Hall–Kier alpha value is -3.87. The Balaban J connectivity index is 1.61. The smallest absolute Gasteiger partial charge is 0.407 e. The molecule has 0 fully saturated rings. The Morgan fingerprint density at radius 2 is 1.68 bits per heavy atom. The molecule has 31 heavy (non-hydrogen) atoms. The van der Waals surface area contributed by atoms with Crippen LogP contribution in [0.3, 0.4) is 0 Å². The topological polar surface area (TPSA) is 106 Å². The monoisotopic (exact) mass is 418 g/mol. The van der Waals surface area contributed by atoms with Crippen molar-refractivity contribution in [2.45, 2.75) is 32.9 Å². The molecule has 0 heterocycles. The van der Waals surface area contributed by atoms with Gasteiger partial charge in [0, 0.05) is 16.8 Å². The van der Waals surface area contributed by atoms with Crippen LogP contribution in [-0.2, 0) is 11.3 Å². The maximum atomic E-state index is 12.6. The highest BCUT2D eigenvalue weighted by molar-refractivity contribution is 6.05. The second-order valence-electron chi connectivity index (χ2n) is 8.20. The third-order valence-electron chi connectivity index (χ3n) is 4.41. The Morgan fingerprint density at radius 1 is 1.00 bits per heavy atom. The molecule has 0 unspecified atom stereocenters. The molecule has 0 saturated carbocycles. The Kier molecular flexibility index (Phi) is 6.55. The SMILES string of the molecule is CC(C)(C)NC(=O)OCc1ccc(C(=O)Nc2ccc3cc(/C=N/N)ccc3c2)cc1. The summed E-state index contributed by atoms with van der Waals surface area (Å²) in [5, 5.41) is 11.2. The number of benzene rings is 3. The van der Waals surface area contributed by atoms with Gasteiger partial charge < -0.3 is 21.2 Å². The van der Waals surface area contributed by atoms with Gasteiger partial charge in [0.25, 0.3) is 5.91 Å². The molecule has 0 atom stereocenters. The quantitative estimate of drug-likeness (QED) is 0.324. The lowest BCUT2D eigenvalue weighted by Gasteiger charge is -2.19. The second-order valence-corrected chi connectivity index (χ2v) is 8.20. The van der Waals surface area contributed by atoms with E-state index >= 15 is 0 Å². The van der Waals surface area contributed by atoms with E-state index in [1.54, 1.807) is 30.5 Å². The number of alkyl carbamates (subject to hydrolysis) is 1. The number of amides is 2. The van der Waals surface area contributed by atoms with Gasteiger partial charge in [-0.1, -0.05) is 30.3 Å². The molecular formula is C24H26N4O3. The summed E-state index contributed by atoms with van der Waals surface area (Å²) >= 11 is 0. The molecule has 0 aliphatic heterocycles. The summed E-state index contributed by atoms with van der Waals surface area (Å²) in [6.07, 6.45) is 1.11. The fourth-order valence-electron chi connectivity index (χ4n) is 2.96.